The first-order valence-electron chi connectivity index (χ1n) is 10.5. The fraction of sp³-hybridized carbons (Fsp3) is 0.143. The fourth-order valence-electron chi connectivity index (χ4n) is 3.64. The van der Waals surface area contributed by atoms with Gasteiger partial charge in [-0.05, 0) is 31.9 Å². The van der Waals surface area contributed by atoms with E-state index in [2.05, 4.69) is 0 Å². The van der Waals surface area contributed by atoms with Gasteiger partial charge in [-0.1, -0.05) is 91.0 Å². The molecule has 0 fully saturated rings. The van der Waals surface area contributed by atoms with Crippen LogP contribution in [-0.2, 0) is 4.74 Å². The Bertz CT molecular complexity index is 1230. The SMILES string of the molecule is CC(C)(C)OC(=O)n1cc(-c2ccccc2)c(C(=O)c2ccccc2)c1-c1ccccc1. The number of ether oxygens (including phenoxy) is 1. The molecule has 4 nitrogen and oxygen atoms in total. The number of benzene rings is 3. The minimum atomic E-state index is -0.675. The number of carbonyl (C=O) groups excluding carboxylic acids is 2. The van der Waals surface area contributed by atoms with Gasteiger partial charge in [0.15, 0.2) is 5.78 Å². The molecule has 1 heterocycles. The summed E-state index contributed by atoms with van der Waals surface area (Å²) in [5.41, 5.74) is 3.18. The Kier molecular flexibility index (Phi) is 5.78. The first-order chi connectivity index (χ1) is 15.3. The highest BCUT2D eigenvalue weighted by Gasteiger charge is 2.29. The maximum atomic E-state index is 13.8. The standard InChI is InChI=1S/C28H25NO3/c1-28(2,3)32-27(31)29-19-23(20-13-7-4-8-14-20)24(25(29)21-15-9-5-10-16-21)26(30)22-17-11-6-12-18-22/h4-19H,1-3H3. The summed E-state index contributed by atoms with van der Waals surface area (Å²) in [5.74, 6) is -0.148. The van der Waals surface area contributed by atoms with Crippen molar-refractivity contribution in [2.45, 2.75) is 26.4 Å². The van der Waals surface area contributed by atoms with Crippen LogP contribution in [0.2, 0.25) is 0 Å². The molecule has 160 valence electrons. The molecule has 4 heteroatoms. The summed E-state index contributed by atoms with van der Waals surface area (Å²) in [6.07, 6.45) is 1.18. The summed E-state index contributed by atoms with van der Waals surface area (Å²) in [4.78, 5) is 27.0. The highest BCUT2D eigenvalue weighted by molar-refractivity contribution is 6.17. The van der Waals surface area contributed by atoms with Crippen molar-refractivity contribution in [2.75, 3.05) is 0 Å². The normalized spacial score (nSPS) is 11.2. The fourth-order valence-corrected chi connectivity index (χ4v) is 3.64. The van der Waals surface area contributed by atoms with Crippen molar-refractivity contribution in [3.8, 4) is 22.4 Å². The molecular formula is C28H25NO3. The van der Waals surface area contributed by atoms with Gasteiger partial charge in [-0.3, -0.25) is 9.36 Å². The zero-order valence-corrected chi connectivity index (χ0v) is 18.4. The number of nitrogens with zero attached hydrogens (tertiary/aromatic N) is 1. The van der Waals surface area contributed by atoms with Crippen molar-refractivity contribution < 1.29 is 14.3 Å². The van der Waals surface area contributed by atoms with Crippen molar-refractivity contribution in [3.05, 3.63) is 108 Å². The van der Waals surface area contributed by atoms with E-state index in [-0.39, 0.29) is 5.78 Å². The number of rotatable bonds is 4. The Morgan fingerprint density at radius 3 is 1.75 bits per heavy atom. The molecule has 0 unspecified atom stereocenters. The average molecular weight is 424 g/mol. The number of aromatic nitrogens is 1. The number of hydrogen-bond donors (Lipinski definition) is 0. The molecule has 0 radical (unpaired) electrons. The molecule has 32 heavy (non-hydrogen) atoms. The van der Waals surface area contributed by atoms with Gasteiger partial charge in [-0.15, -0.1) is 0 Å². The van der Waals surface area contributed by atoms with E-state index < -0.39 is 11.7 Å². The molecule has 4 rings (SSSR count). The third-order valence-corrected chi connectivity index (χ3v) is 4.99. The van der Waals surface area contributed by atoms with E-state index in [9.17, 15) is 9.59 Å². The maximum Gasteiger partial charge on any atom is 0.419 e. The summed E-state index contributed by atoms with van der Waals surface area (Å²) in [5, 5.41) is 0. The number of hydrogen-bond acceptors (Lipinski definition) is 3. The molecule has 0 amide bonds. The minimum Gasteiger partial charge on any atom is -0.443 e. The van der Waals surface area contributed by atoms with Crippen LogP contribution >= 0.6 is 0 Å². The van der Waals surface area contributed by atoms with Gasteiger partial charge in [-0.25, -0.2) is 4.79 Å². The number of ketones is 1. The molecule has 1 aromatic heterocycles. The first-order valence-corrected chi connectivity index (χ1v) is 10.5. The Morgan fingerprint density at radius 2 is 1.22 bits per heavy atom. The molecule has 0 saturated heterocycles. The Labute approximate surface area is 188 Å². The van der Waals surface area contributed by atoms with Crippen LogP contribution in [-0.4, -0.2) is 22.0 Å². The summed E-state index contributed by atoms with van der Waals surface area (Å²) < 4.78 is 7.15. The maximum absolute atomic E-state index is 13.8. The van der Waals surface area contributed by atoms with Gasteiger partial charge in [0.05, 0.1) is 11.3 Å². The minimum absolute atomic E-state index is 0.148. The number of carbonyl (C=O) groups is 2. The van der Waals surface area contributed by atoms with Crippen molar-refractivity contribution in [1.82, 2.24) is 4.57 Å². The van der Waals surface area contributed by atoms with Crippen LogP contribution in [0, 0.1) is 0 Å². The topological polar surface area (TPSA) is 48.3 Å². The third-order valence-electron chi connectivity index (χ3n) is 4.99. The molecule has 0 aliphatic rings. The van der Waals surface area contributed by atoms with Gasteiger partial charge in [0.2, 0.25) is 0 Å². The first kappa shape index (κ1) is 21.3. The lowest BCUT2D eigenvalue weighted by molar-refractivity contribution is 0.0540. The molecule has 0 bridgehead atoms. The molecule has 0 spiro atoms. The van der Waals surface area contributed by atoms with Crippen LogP contribution < -0.4 is 0 Å². The van der Waals surface area contributed by atoms with E-state index in [4.69, 9.17) is 4.74 Å². The highest BCUT2D eigenvalue weighted by Crippen LogP contribution is 2.36. The summed E-state index contributed by atoms with van der Waals surface area (Å²) in [7, 11) is 0. The zero-order valence-electron chi connectivity index (χ0n) is 18.4. The van der Waals surface area contributed by atoms with E-state index in [0.29, 0.717) is 22.4 Å². The quantitative estimate of drug-likeness (QED) is 0.338. The van der Waals surface area contributed by atoms with Crippen LogP contribution in [0.1, 0.15) is 36.7 Å². The average Bonchev–Trinajstić information content (AvgIpc) is 3.20. The Morgan fingerprint density at radius 1 is 0.719 bits per heavy atom. The van der Waals surface area contributed by atoms with E-state index in [1.807, 2.05) is 99.6 Å². The Hall–Kier alpha value is -3.92. The van der Waals surface area contributed by atoms with Gasteiger partial charge in [0.1, 0.15) is 5.60 Å². The summed E-state index contributed by atoms with van der Waals surface area (Å²) in [6, 6.07) is 28.2. The second-order valence-corrected chi connectivity index (χ2v) is 8.54. The van der Waals surface area contributed by atoms with Crippen molar-refractivity contribution in [2.24, 2.45) is 0 Å². The van der Waals surface area contributed by atoms with E-state index in [1.165, 1.54) is 4.57 Å². The summed E-state index contributed by atoms with van der Waals surface area (Å²) >= 11 is 0. The highest BCUT2D eigenvalue weighted by atomic mass is 16.6. The van der Waals surface area contributed by atoms with Crippen LogP contribution in [0.4, 0.5) is 4.79 Å². The van der Waals surface area contributed by atoms with Gasteiger partial charge < -0.3 is 4.74 Å². The largest absolute Gasteiger partial charge is 0.443 e. The molecule has 0 atom stereocenters. The lowest BCUT2D eigenvalue weighted by atomic mass is 9.93. The zero-order chi connectivity index (χ0) is 22.7. The molecule has 3 aromatic carbocycles. The van der Waals surface area contributed by atoms with Gasteiger partial charge in [0, 0.05) is 17.3 Å². The molecule has 0 N–H and O–H groups in total. The van der Waals surface area contributed by atoms with E-state index in [1.54, 1.807) is 18.3 Å². The predicted molar refractivity (Wildman–Crippen MR) is 127 cm³/mol. The molecule has 4 aromatic rings. The van der Waals surface area contributed by atoms with Crippen molar-refractivity contribution in [1.29, 1.82) is 0 Å². The van der Waals surface area contributed by atoms with E-state index >= 15 is 0 Å². The molecule has 0 aliphatic carbocycles. The molecular weight excluding hydrogens is 398 g/mol. The van der Waals surface area contributed by atoms with Crippen LogP contribution in [0.3, 0.4) is 0 Å². The van der Waals surface area contributed by atoms with Crippen molar-refractivity contribution in [3.63, 3.8) is 0 Å². The smallest absolute Gasteiger partial charge is 0.419 e. The van der Waals surface area contributed by atoms with Crippen LogP contribution in [0.25, 0.3) is 22.4 Å². The second-order valence-electron chi connectivity index (χ2n) is 8.54. The monoisotopic (exact) mass is 423 g/mol. The predicted octanol–water partition coefficient (Wildman–Crippen LogP) is 6.84. The Balaban J connectivity index is 2.02. The summed E-state index contributed by atoms with van der Waals surface area (Å²) in [6.45, 7) is 5.47. The van der Waals surface area contributed by atoms with E-state index in [0.717, 1.165) is 11.1 Å². The van der Waals surface area contributed by atoms with Crippen molar-refractivity contribution >= 4 is 11.9 Å². The third kappa shape index (κ3) is 4.40. The van der Waals surface area contributed by atoms with Gasteiger partial charge in [0.25, 0.3) is 0 Å². The van der Waals surface area contributed by atoms with Gasteiger partial charge >= 0.3 is 6.09 Å². The molecule has 0 saturated carbocycles. The molecule has 0 aliphatic heterocycles. The van der Waals surface area contributed by atoms with Crippen LogP contribution in [0.5, 0.6) is 0 Å². The lowest BCUT2D eigenvalue weighted by Gasteiger charge is -2.20. The second kappa shape index (κ2) is 8.67. The lowest BCUT2D eigenvalue weighted by Crippen LogP contribution is -2.27. The van der Waals surface area contributed by atoms with Crippen LogP contribution in [0.15, 0.2) is 97.2 Å². The van der Waals surface area contributed by atoms with Gasteiger partial charge in [-0.2, -0.15) is 0 Å².